The molecule has 3 rings (SSSR count). The Balaban J connectivity index is 1.89. The van der Waals surface area contributed by atoms with Gasteiger partial charge in [-0.3, -0.25) is 0 Å². The molecule has 5 heteroatoms. The molecule has 0 aliphatic heterocycles. The van der Waals surface area contributed by atoms with Crippen LogP contribution in [0.25, 0.3) is 0 Å². The fourth-order valence-corrected chi connectivity index (χ4v) is 3.30. The molecule has 1 heterocycles. The molecule has 1 atom stereocenters. The summed E-state index contributed by atoms with van der Waals surface area (Å²) in [5.41, 5.74) is 2.30. The number of nitrogens with zero attached hydrogens (tertiary/aromatic N) is 1. The molecule has 1 fully saturated rings. The molecule has 0 spiro atoms. The Kier molecular flexibility index (Phi) is 5.99. The van der Waals surface area contributed by atoms with Crippen molar-refractivity contribution in [2.24, 2.45) is 0 Å². The lowest BCUT2D eigenvalue weighted by Crippen LogP contribution is -2.42. The monoisotopic (exact) mass is 370 g/mol. The number of rotatable bonds is 8. The highest BCUT2D eigenvalue weighted by atomic mass is 32.1. The first-order chi connectivity index (χ1) is 12.6. The van der Waals surface area contributed by atoms with Crippen LogP contribution in [0.3, 0.4) is 0 Å². The lowest BCUT2D eigenvalue weighted by molar-refractivity contribution is 0.277. The van der Waals surface area contributed by atoms with Gasteiger partial charge >= 0.3 is 0 Å². The van der Waals surface area contributed by atoms with E-state index in [0.29, 0.717) is 12.6 Å². The highest BCUT2D eigenvalue weighted by molar-refractivity contribution is 7.80. The van der Waals surface area contributed by atoms with Gasteiger partial charge in [-0.05, 0) is 68.2 Å². The van der Waals surface area contributed by atoms with Gasteiger partial charge in [0.1, 0.15) is 11.5 Å². The lowest BCUT2D eigenvalue weighted by atomic mass is 9.98. The zero-order valence-electron chi connectivity index (χ0n) is 15.4. The van der Waals surface area contributed by atoms with Crippen molar-refractivity contribution in [3.05, 3.63) is 66.1 Å². The van der Waals surface area contributed by atoms with E-state index in [4.69, 9.17) is 21.4 Å². The molecule has 0 unspecified atom stereocenters. The molecule has 0 radical (unpaired) electrons. The molecule has 138 valence electrons. The molecular formula is C21H26N2O2S. The normalized spacial score (nSPS) is 14.5. The SMILES string of the molecule is C=C(C)C[C@@H](c1ccc(OC)cc1)N(Cc1ccco1)C(=S)NC1CC1. The number of thiocarbonyl (C=S) groups is 1. The smallest absolute Gasteiger partial charge is 0.170 e. The number of methoxy groups -OCH3 is 1. The molecule has 2 aromatic rings. The molecule has 0 saturated heterocycles. The van der Waals surface area contributed by atoms with Crippen LogP contribution in [0.5, 0.6) is 5.75 Å². The van der Waals surface area contributed by atoms with Gasteiger partial charge in [-0.1, -0.05) is 17.7 Å². The highest BCUT2D eigenvalue weighted by Gasteiger charge is 2.28. The summed E-state index contributed by atoms with van der Waals surface area (Å²) in [5, 5.41) is 4.24. The predicted molar refractivity (Wildman–Crippen MR) is 108 cm³/mol. The van der Waals surface area contributed by atoms with E-state index < -0.39 is 0 Å². The predicted octanol–water partition coefficient (Wildman–Crippen LogP) is 4.83. The molecule has 1 saturated carbocycles. The van der Waals surface area contributed by atoms with Crippen LogP contribution in [-0.2, 0) is 6.54 Å². The summed E-state index contributed by atoms with van der Waals surface area (Å²) in [4.78, 5) is 2.21. The van der Waals surface area contributed by atoms with Crippen LogP contribution in [0.15, 0.2) is 59.2 Å². The Hall–Kier alpha value is -2.27. The first-order valence-electron chi connectivity index (χ1n) is 8.94. The Bertz CT molecular complexity index is 736. The van der Waals surface area contributed by atoms with E-state index in [1.807, 2.05) is 24.3 Å². The zero-order chi connectivity index (χ0) is 18.5. The van der Waals surface area contributed by atoms with E-state index in [0.717, 1.165) is 28.6 Å². The number of hydrogen-bond donors (Lipinski definition) is 1. The van der Waals surface area contributed by atoms with Gasteiger partial charge in [0.05, 0.1) is 26.0 Å². The maximum atomic E-state index is 5.76. The summed E-state index contributed by atoms with van der Waals surface area (Å²) in [7, 11) is 1.68. The molecule has 0 bridgehead atoms. The van der Waals surface area contributed by atoms with E-state index in [1.165, 1.54) is 18.4 Å². The van der Waals surface area contributed by atoms with E-state index >= 15 is 0 Å². The minimum Gasteiger partial charge on any atom is -0.497 e. The third-order valence-electron chi connectivity index (χ3n) is 4.49. The quantitative estimate of drug-likeness (QED) is 0.532. The third-order valence-corrected chi connectivity index (χ3v) is 4.84. The van der Waals surface area contributed by atoms with E-state index in [2.05, 4.69) is 35.9 Å². The molecule has 1 aromatic heterocycles. The molecule has 1 aliphatic carbocycles. The van der Waals surface area contributed by atoms with Crippen molar-refractivity contribution < 1.29 is 9.15 Å². The lowest BCUT2D eigenvalue weighted by Gasteiger charge is -2.34. The molecule has 1 aliphatic rings. The first kappa shape index (κ1) is 18.5. The number of furan rings is 1. The summed E-state index contributed by atoms with van der Waals surface area (Å²) in [6, 6.07) is 12.7. The number of hydrogen-bond acceptors (Lipinski definition) is 3. The average molecular weight is 371 g/mol. The van der Waals surface area contributed by atoms with Gasteiger partial charge in [0.2, 0.25) is 0 Å². The van der Waals surface area contributed by atoms with Gasteiger partial charge in [-0.2, -0.15) is 0 Å². The van der Waals surface area contributed by atoms with Gasteiger partial charge < -0.3 is 19.4 Å². The molecule has 26 heavy (non-hydrogen) atoms. The Morgan fingerprint density at radius 1 is 1.35 bits per heavy atom. The summed E-state index contributed by atoms with van der Waals surface area (Å²) in [5.74, 6) is 1.74. The van der Waals surface area contributed by atoms with E-state index in [-0.39, 0.29) is 6.04 Å². The zero-order valence-corrected chi connectivity index (χ0v) is 16.2. The van der Waals surface area contributed by atoms with E-state index in [1.54, 1.807) is 13.4 Å². The van der Waals surface area contributed by atoms with Crippen molar-refractivity contribution in [2.45, 2.75) is 44.8 Å². The molecule has 0 amide bonds. The highest BCUT2D eigenvalue weighted by Crippen LogP contribution is 2.31. The Labute approximate surface area is 160 Å². The van der Waals surface area contributed by atoms with Gasteiger partial charge in [-0.25, -0.2) is 0 Å². The molecule has 1 aromatic carbocycles. The topological polar surface area (TPSA) is 37.6 Å². The fraction of sp³-hybridized carbons (Fsp3) is 0.381. The molecule has 4 nitrogen and oxygen atoms in total. The Morgan fingerprint density at radius 2 is 2.08 bits per heavy atom. The van der Waals surface area contributed by atoms with Gasteiger partial charge in [0.15, 0.2) is 5.11 Å². The average Bonchev–Trinajstić information content (AvgIpc) is 3.29. The van der Waals surface area contributed by atoms with Crippen LogP contribution in [0.4, 0.5) is 0 Å². The van der Waals surface area contributed by atoms with Crippen LogP contribution in [-0.4, -0.2) is 23.2 Å². The molecule has 1 N–H and O–H groups in total. The van der Waals surface area contributed by atoms with Crippen molar-refractivity contribution in [3.8, 4) is 5.75 Å². The third kappa shape index (κ3) is 4.88. The summed E-state index contributed by atoms with van der Waals surface area (Å²) in [6.07, 6.45) is 4.89. The van der Waals surface area contributed by atoms with Crippen LogP contribution in [0, 0.1) is 0 Å². The number of nitrogens with one attached hydrogen (secondary N) is 1. The van der Waals surface area contributed by atoms with Crippen molar-refractivity contribution in [1.29, 1.82) is 0 Å². The van der Waals surface area contributed by atoms with Crippen LogP contribution < -0.4 is 10.1 Å². The number of ether oxygens (including phenoxy) is 1. The van der Waals surface area contributed by atoms with Gasteiger partial charge in [0, 0.05) is 6.04 Å². The van der Waals surface area contributed by atoms with Crippen LogP contribution >= 0.6 is 12.2 Å². The second kappa shape index (κ2) is 8.41. The van der Waals surface area contributed by atoms with Crippen LogP contribution in [0.1, 0.15) is 43.6 Å². The van der Waals surface area contributed by atoms with Crippen molar-refractivity contribution in [3.63, 3.8) is 0 Å². The summed E-state index contributed by atoms with van der Waals surface area (Å²) in [6.45, 7) is 6.80. The van der Waals surface area contributed by atoms with Crippen molar-refractivity contribution in [1.82, 2.24) is 10.2 Å². The second-order valence-electron chi connectivity index (χ2n) is 6.88. The number of benzene rings is 1. The minimum atomic E-state index is 0.0854. The summed E-state index contributed by atoms with van der Waals surface area (Å²) >= 11 is 5.76. The van der Waals surface area contributed by atoms with Crippen molar-refractivity contribution >= 4 is 17.3 Å². The molecular weight excluding hydrogens is 344 g/mol. The fourth-order valence-electron chi connectivity index (χ4n) is 2.94. The standard InChI is InChI=1S/C21H26N2O2S/c1-15(2)13-20(16-6-10-18(24-3)11-7-16)23(14-19-5-4-12-25-19)21(26)22-17-8-9-17/h4-7,10-12,17,20H,1,8-9,13-14H2,2-3H3,(H,22,26)/t20-/m0/s1. The van der Waals surface area contributed by atoms with Crippen LogP contribution in [0.2, 0.25) is 0 Å². The minimum absolute atomic E-state index is 0.0854. The largest absolute Gasteiger partial charge is 0.497 e. The van der Waals surface area contributed by atoms with E-state index in [9.17, 15) is 0 Å². The maximum absolute atomic E-state index is 5.76. The van der Waals surface area contributed by atoms with Gasteiger partial charge in [-0.15, -0.1) is 6.58 Å². The van der Waals surface area contributed by atoms with Gasteiger partial charge in [0.25, 0.3) is 0 Å². The second-order valence-corrected chi connectivity index (χ2v) is 7.27. The summed E-state index contributed by atoms with van der Waals surface area (Å²) < 4.78 is 10.9. The first-order valence-corrected chi connectivity index (χ1v) is 9.35. The maximum Gasteiger partial charge on any atom is 0.170 e. The van der Waals surface area contributed by atoms with Crippen molar-refractivity contribution in [2.75, 3.05) is 7.11 Å². The Morgan fingerprint density at radius 3 is 2.62 bits per heavy atom.